The fourth-order valence-electron chi connectivity index (χ4n) is 4.55. The number of aromatic nitrogens is 3. The van der Waals surface area contributed by atoms with Crippen LogP contribution in [0.25, 0.3) is 0 Å². The van der Waals surface area contributed by atoms with E-state index in [0.717, 1.165) is 16.1 Å². The summed E-state index contributed by atoms with van der Waals surface area (Å²) in [6, 6.07) is 7.60. The van der Waals surface area contributed by atoms with Crippen molar-refractivity contribution >= 4 is 23.2 Å². The number of hydrogen-bond donors (Lipinski definition) is 0. The van der Waals surface area contributed by atoms with E-state index in [2.05, 4.69) is 15.0 Å². The SMILES string of the molecule is Cc1nc(C(=O)N2C[C@H](c3cccnc3)[C@@]3(C2)OCCN(Cc2ccncc2)C3=O)cs1. The number of morpholine rings is 1. The quantitative estimate of drug-likeness (QED) is 0.607. The number of likely N-dealkylation sites (tertiary alicyclic amines) is 1. The summed E-state index contributed by atoms with van der Waals surface area (Å²) in [6.07, 6.45) is 6.90. The van der Waals surface area contributed by atoms with E-state index in [-0.39, 0.29) is 24.3 Å². The highest BCUT2D eigenvalue weighted by molar-refractivity contribution is 7.09. The molecule has 0 aliphatic carbocycles. The Bertz CT molecular complexity index is 1120. The highest BCUT2D eigenvalue weighted by Gasteiger charge is 2.58. The van der Waals surface area contributed by atoms with Gasteiger partial charge in [-0.3, -0.25) is 19.6 Å². The molecule has 2 aliphatic rings. The first-order valence-corrected chi connectivity index (χ1v) is 11.4. The monoisotopic (exact) mass is 449 g/mol. The molecule has 2 fully saturated rings. The van der Waals surface area contributed by atoms with E-state index in [1.165, 1.54) is 11.3 Å². The molecule has 1 spiro atoms. The first-order chi connectivity index (χ1) is 15.6. The minimum Gasteiger partial charge on any atom is -0.361 e. The average Bonchev–Trinajstić information content (AvgIpc) is 3.42. The smallest absolute Gasteiger partial charge is 0.273 e. The van der Waals surface area contributed by atoms with Gasteiger partial charge in [0.15, 0.2) is 5.60 Å². The molecule has 8 nitrogen and oxygen atoms in total. The van der Waals surface area contributed by atoms with Crippen LogP contribution in [0.3, 0.4) is 0 Å². The summed E-state index contributed by atoms with van der Waals surface area (Å²) in [5.74, 6) is -0.588. The van der Waals surface area contributed by atoms with Crippen molar-refractivity contribution < 1.29 is 14.3 Å². The van der Waals surface area contributed by atoms with E-state index < -0.39 is 5.60 Å². The molecule has 0 N–H and O–H groups in total. The number of ether oxygens (including phenoxy) is 1. The first-order valence-electron chi connectivity index (χ1n) is 10.5. The Morgan fingerprint density at radius 2 is 2.09 bits per heavy atom. The molecule has 2 atom stereocenters. The number of rotatable bonds is 4. The zero-order chi connectivity index (χ0) is 22.1. The topological polar surface area (TPSA) is 88.5 Å². The van der Waals surface area contributed by atoms with Gasteiger partial charge >= 0.3 is 0 Å². The number of amides is 2. The van der Waals surface area contributed by atoms with Crippen LogP contribution in [0.5, 0.6) is 0 Å². The molecular formula is C23H23N5O3S. The molecule has 2 amide bonds. The van der Waals surface area contributed by atoms with Gasteiger partial charge in [-0.15, -0.1) is 11.3 Å². The van der Waals surface area contributed by atoms with Crippen LogP contribution in [0.2, 0.25) is 0 Å². The van der Waals surface area contributed by atoms with Crippen LogP contribution in [-0.4, -0.2) is 68.4 Å². The van der Waals surface area contributed by atoms with Gasteiger partial charge in [-0.25, -0.2) is 4.98 Å². The lowest BCUT2D eigenvalue weighted by Gasteiger charge is -2.42. The van der Waals surface area contributed by atoms with Gasteiger partial charge in [0.2, 0.25) is 0 Å². The van der Waals surface area contributed by atoms with Crippen molar-refractivity contribution in [2.24, 2.45) is 0 Å². The fourth-order valence-corrected chi connectivity index (χ4v) is 5.14. The van der Waals surface area contributed by atoms with E-state index in [0.29, 0.717) is 31.9 Å². The number of carbonyl (C=O) groups excluding carboxylic acids is 2. The van der Waals surface area contributed by atoms with Gasteiger partial charge in [0.1, 0.15) is 5.69 Å². The molecule has 9 heteroatoms. The van der Waals surface area contributed by atoms with Crippen LogP contribution in [-0.2, 0) is 16.1 Å². The van der Waals surface area contributed by atoms with Crippen molar-refractivity contribution in [3.05, 3.63) is 76.3 Å². The second-order valence-electron chi connectivity index (χ2n) is 8.10. The van der Waals surface area contributed by atoms with Crippen LogP contribution in [0.1, 0.15) is 32.5 Å². The van der Waals surface area contributed by atoms with Crippen molar-refractivity contribution in [2.75, 3.05) is 26.2 Å². The lowest BCUT2D eigenvalue weighted by Crippen LogP contribution is -2.60. The standard InChI is InChI=1S/C23H23N5O3S/c1-16-26-20(14-32-16)21(29)28-13-19(18-3-2-6-25-11-18)23(15-28)22(30)27(9-10-31-23)12-17-4-7-24-8-5-17/h2-8,11,14,19H,9-10,12-13,15H2,1H3/t19-,23-/m1/s1. The third kappa shape index (κ3) is 3.67. The van der Waals surface area contributed by atoms with Crippen LogP contribution in [0.4, 0.5) is 0 Å². The highest BCUT2D eigenvalue weighted by Crippen LogP contribution is 2.42. The van der Waals surface area contributed by atoms with Gasteiger partial charge in [-0.1, -0.05) is 6.07 Å². The summed E-state index contributed by atoms with van der Waals surface area (Å²) < 4.78 is 6.25. The van der Waals surface area contributed by atoms with E-state index >= 15 is 0 Å². The van der Waals surface area contributed by atoms with Crippen molar-refractivity contribution in [3.8, 4) is 0 Å². The second kappa shape index (κ2) is 8.40. The Morgan fingerprint density at radius 1 is 1.25 bits per heavy atom. The Hall–Kier alpha value is -3.17. The van der Waals surface area contributed by atoms with Crippen molar-refractivity contribution in [2.45, 2.75) is 25.0 Å². The summed E-state index contributed by atoms with van der Waals surface area (Å²) >= 11 is 1.44. The summed E-state index contributed by atoms with van der Waals surface area (Å²) in [4.78, 5) is 43.2. The Morgan fingerprint density at radius 3 is 2.81 bits per heavy atom. The predicted molar refractivity (Wildman–Crippen MR) is 118 cm³/mol. The van der Waals surface area contributed by atoms with Crippen molar-refractivity contribution in [3.63, 3.8) is 0 Å². The van der Waals surface area contributed by atoms with Gasteiger partial charge in [0, 0.05) is 55.7 Å². The van der Waals surface area contributed by atoms with E-state index in [4.69, 9.17) is 4.74 Å². The summed E-state index contributed by atoms with van der Waals surface area (Å²) in [5, 5.41) is 2.60. The normalized spacial score (nSPS) is 23.2. The minimum atomic E-state index is -1.14. The van der Waals surface area contributed by atoms with Crippen molar-refractivity contribution in [1.29, 1.82) is 0 Å². The number of aryl methyl sites for hydroxylation is 1. The molecule has 0 bridgehead atoms. The minimum absolute atomic E-state index is 0.0980. The molecule has 0 aromatic carbocycles. The largest absolute Gasteiger partial charge is 0.361 e. The van der Waals surface area contributed by atoms with Crippen LogP contribution >= 0.6 is 11.3 Å². The van der Waals surface area contributed by atoms with Gasteiger partial charge in [-0.2, -0.15) is 0 Å². The van der Waals surface area contributed by atoms with Crippen molar-refractivity contribution in [1.82, 2.24) is 24.8 Å². The number of thiazole rings is 1. The average molecular weight is 450 g/mol. The lowest BCUT2D eigenvalue weighted by molar-refractivity contribution is -0.172. The maximum Gasteiger partial charge on any atom is 0.273 e. The lowest BCUT2D eigenvalue weighted by atomic mass is 9.83. The Kier molecular flexibility index (Phi) is 5.44. The Labute approximate surface area is 189 Å². The van der Waals surface area contributed by atoms with Crippen LogP contribution in [0, 0.1) is 6.92 Å². The molecule has 5 rings (SSSR count). The number of hydrogen-bond acceptors (Lipinski definition) is 7. The molecule has 0 saturated carbocycles. The highest BCUT2D eigenvalue weighted by atomic mass is 32.1. The second-order valence-corrected chi connectivity index (χ2v) is 9.16. The van der Waals surface area contributed by atoms with Crippen LogP contribution < -0.4 is 0 Å². The van der Waals surface area contributed by atoms with Gasteiger partial charge in [-0.05, 0) is 36.2 Å². The predicted octanol–water partition coefficient (Wildman–Crippen LogP) is 2.28. The summed E-state index contributed by atoms with van der Waals surface area (Å²) in [5.41, 5.74) is 1.16. The third-order valence-corrected chi connectivity index (χ3v) is 6.87. The van der Waals surface area contributed by atoms with Gasteiger partial charge in [0.05, 0.1) is 18.2 Å². The van der Waals surface area contributed by atoms with E-state index in [1.54, 1.807) is 35.1 Å². The molecule has 0 radical (unpaired) electrons. The molecular weight excluding hydrogens is 426 g/mol. The Balaban J connectivity index is 1.48. The zero-order valence-corrected chi connectivity index (χ0v) is 18.5. The number of pyridine rings is 2. The van der Waals surface area contributed by atoms with E-state index in [1.807, 2.05) is 36.1 Å². The molecule has 32 heavy (non-hydrogen) atoms. The van der Waals surface area contributed by atoms with Gasteiger partial charge < -0.3 is 14.5 Å². The first kappa shape index (κ1) is 20.7. The zero-order valence-electron chi connectivity index (χ0n) is 17.7. The van der Waals surface area contributed by atoms with Crippen LogP contribution in [0.15, 0.2) is 54.4 Å². The molecule has 164 valence electrons. The number of nitrogens with zero attached hydrogens (tertiary/aromatic N) is 5. The molecule has 2 aliphatic heterocycles. The van der Waals surface area contributed by atoms with Gasteiger partial charge in [0.25, 0.3) is 11.8 Å². The third-order valence-electron chi connectivity index (χ3n) is 6.10. The summed E-state index contributed by atoms with van der Waals surface area (Å²) in [6.45, 7) is 3.82. The maximum atomic E-state index is 13.9. The molecule has 5 heterocycles. The number of carbonyl (C=O) groups is 2. The maximum absolute atomic E-state index is 13.9. The molecule has 0 unspecified atom stereocenters. The summed E-state index contributed by atoms with van der Waals surface area (Å²) in [7, 11) is 0. The van der Waals surface area contributed by atoms with E-state index in [9.17, 15) is 9.59 Å². The molecule has 2 saturated heterocycles. The fraction of sp³-hybridized carbons (Fsp3) is 0.348. The molecule has 3 aromatic rings. The molecule has 3 aromatic heterocycles.